The van der Waals surface area contributed by atoms with E-state index in [0.717, 1.165) is 53.1 Å². The SMILES string of the molecule is COC(=O)c1ccc(OCC(O)CNC2CCN(c3ncnc4scc(-c5ccccc5)c34)CC2)cc1O. The van der Waals surface area contributed by atoms with Crippen LogP contribution >= 0.6 is 11.3 Å². The Morgan fingerprint density at radius 3 is 2.71 bits per heavy atom. The highest BCUT2D eigenvalue weighted by Crippen LogP contribution is 2.38. The highest BCUT2D eigenvalue weighted by molar-refractivity contribution is 7.17. The van der Waals surface area contributed by atoms with E-state index in [1.807, 2.05) is 18.2 Å². The van der Waals surface area contributed by atoms with Crippen molar-refractivity contribution in [2.75, 3.05) is 38.3 Å². The average molecular weight is 535 g/mol. The fourth-order valence-corrected chi connectivity index (χ4v) is 5.57. The first-order valence-corrected chi connectivity index (χ1v) is 13.4. The predicted octanol–water partition coefficient (Wildman–Crippen LogP) is 3.85. The van der Waals surface area contributed by atoms with E-state index in [-0.39, 0.29) is 24.0 Å². The summed E-state index contributed by atoms with van der Waals surface area (Å²) in [5.41, 5.74) is 2.39. The van der Waals surface area contributed by atoms with Crippen LogP contribution in [-0.2, 0) is 4.74 Å². The second-order valence-corrected chi connectivity index (χ2v) is 10.1. The Morgan fingerprint density at radius 1 is 1.18 bits per heavy atom. The molecule has 1 aliphatic heterocycles. The smallest absolute Gasteiger partial charge is 0.341 e. The summed E-state index contributed by atoms with van der Waals surface area (Å²) in [6.07, 6.45) is 2.77. The Morgan fingerprint density at radius 2 is 1.97 bits per heavy atom. The molecule has 0 spiro atoms. The van der Waals surface area contributed by atoms with Crippen molar-refractivity contribution >= 4 is 33.3 Å². The molecule has 0 radical (unpaired) electrons. The van der Waals surface area contributed by atoms with Crippen molar-refractivity contribution in [2.24, 2.45) is 0 Å². The molecule has 4 aromatic rings. The van der Waals surface area contributed by atoms with Crippen LogP contribution in [0.5, 0.6) is 11.5 Å². The van der Waals surface area contributed by atoms with Crippen LogP contribution in [-0.4, -0.2) is 71.6 Å². The molecule has 0 saturated carbocycles. The lowest BCUT2D eigenvalue weighted by Gasteiger charge is -2.34. The summed E-state index contributed by atoms with van der Waals surface area (Å²) in [6.45, 7) is 2.15. The molecule has 3 N–H and O–H groups in total. The molecule has 10 heteroatoms. The van der Waals surface area contributed by atoms with Gasteiger partial charge in [0.2, 0.25) is 0 Å². The maximum atomic E-state index is 11.6. The summed E-state index contributed by atoms with van der Waals surface area (Å²) in [5.74, 6) is 0.485. The van der Waals surface area contributed by atoms with Crippen molar-refractivity contribution in [2.45, 2.75) is 25.0 Å². The number of piperidine rings is 1. The first-order valence-electron chi connectivity index (χ1n) is 12.5. The van der Waals surface area contributed by atoms with E-state index in [9.17, 15) is 15.0 Å². The van der Waals surface area contributed by atoms with E-state index < -0.39 is 12.1 Å². The van der Waals surface area contributed by atoms with Crippen LogP contribution in [0.15, 0.2) is 60.2 Å². The number of esters is 1. The van der Waals surface area contributed by atoms with Gasteiger partial charge in [0, 0.05) is 42.7 Å². The summed E-state index contributed by atoms with van der Waals surface area (Å²) >= 11 is 1.64. The number of fused-ring (bicyclic) bond motifs is 1. The summed E-state index contributed by atoms with van der Waals surface area (Å²) in [5, 5.41) is 27.1. The molecular formula is C28H30N4O5S. The summed E-state index contributed by atoms with van der Waals surface area (Å²) in [6, 6.07) is 14.9. The van der Waals surface area contributed by atoms with Gasteiger partial charge in [0.25, 0.3) is 0 Å². The van der Waals surface area contributed by atoms with E-state index in [0.29, 0.717) is 12.3 Å². The second-order valence-electron chi connectivity index (χ2n) is 9.20. The molecule has 5 rings (SSSR count). The molecule has 9 nitrogen and oxygen atoms in total. The number of carbonyl (C=O) groups is 1. The van der Waals surface area contributed by atoms with Crippen LogP contribution in [0.2, 0.25) is 0 Å². The van der Waals surface area contributed by atoms with E-state index in [4.69, 9.17) is 4.74 Å². The Bertz CT molecular complexity index is 1390. The van der Waals surface area contributed by atoms with Gasteiger partial charge in [-0.25, -0.2) is 14.8 Å². The van der Waals surface area contributed by atoms with Crippen LogP contribution in [0.1, 0.15) is 23.2 Å². The summed E-state index contributed by atoms with van der Waals surface area (Å²) in [4.78, 5) is 24.1. The molecule has 1 aliphatic rings. The number of nitrogens with one attached hydrogen (secondary N) is 1. The zero-order chi connectivity index (χ0) is 26.5. The standard InChI is InChI=1S/C28H30N4O5S/c1-36-28(35)22-8-7-21(13-24(22)34)37-15-20(33)14-29-19-9-11-32(12-10-19)26-25-23(18-5-3-2-4-6-18)16-38-27(25)31-17-30-26/h2-8,13,16-17,19-20,29,33-34H,9-12,14-15H2,1H3. The fourth-order valence-electron chi connectivity index (χ4n) is 4.66. The van der Waals surface area contributed by atoms with Gasteiger partial charge in [0.05, 0.1) is 12.5 Å². The zero-order valence-electron chi connectivity index (χ0n) is 21.0. The number of phenols is 1. The zero-order valence-corrected chi connectivity index (χ0v) is 21.9. The van der Waals surface area contributed by atoms with Gasteiger partial charge in [-0.15, -0.1) is 11.3 Å². The number of aromatic hydroxyl groups is 1. The molecule has 198 valence electrons. The van der Waals surface area contributed by atoms with Crippen molar-refractivity contribution in [3.8, 4) is 22.6 Å². The van der Waals surface area contributed by atoms with Crippen molar-refractivity contribution in [1.29, 1.82) is 0 Å². The van der Waals surface area contributed by atoms with Crippen LogP contribution in [0.25, 0.3) is 21.3 Å². The fraction of sp³-hybridized carbons (Fsp3) is 0.321. The molecule has 2 aromatic heterocycles. The second kappa shape index (κ2) is 11.8. The molecular weight excluding hydrogens is 504 g/mol. The lowest BCUT2D eigenvalue weighted by atomic mass is 10.0. The van der Waals surface area contributed by atoms with Crippen molar-refractivity contribution < 1.29 is 24.5 Å². The third kappa shape index (κ3) is 5.72. The lowest BCUT2D eigenvalue weighted by Crippen LogP contribution is -2.45. The number of benzene rings is 2. The Balaban J connectivity index is 1.13. The van der Waals surface area contributed by atoms with Gasteiger partial charge in [0.1, 0.15) is 46.7 Å². The number of aliphatic hydroxyl groups excluding tert-OH is 1. The highest BCUT2D eigenvalue weighted by Gasteiger charge is 2.24. The number of thiophene rings is 1. The molecule has 0 aliphatic carbocycles. The third-order valence-corrected chi connectivity index (χ3v) is 7.57. The van der Waals surface area contributed by atoms with Gasteiger partial charge >= 0.3 is 5.97 Å². The number of ether oxygens (including phenoxy) is 2. The molecule has 2 aromatic carbocycles. The number of anilines is 1. The normalized spacial score (nSPS) is 14.9. The largest absolute Gasteiger partial charge is 0.507 e. The average Bonchev–Trinajstić information content (AvgIpc) is 3.40. The lowest BCUT2D eigenvalue weighted by molar-refractivity contribution is 0.0597. The number of aliphatic hydroxyl groups is 1. The minimum Gasteiger partial charge on any atom is -0.507 e. The molecule has 38 heavy (non-hydrogen) atoms. The number of nitrogens with zero attached hydrogens (tertiary/aromatic N) is 3. The van der Waals surface area contributed by atoms with Gasteiger partial charge < -0.3 is 29.9 Å². The number of aromatic nitrogens is 2. The van der Waals surface area contributed by atoms with E-state index in [2.05, 4.69) is 42.4 Å². The van der Waals surface area contributed by atoms with Crippen molar-refractivity contribution in [3.63, 3.8) is 0 Å². The Labute approximate surface area is 224 Å². The molecule has 0 bridgehead atoms. The van der Waals surface area contributed by atoms with Crippen molar-refractivity contribution in [1.82, 2.24) is 15.3 Å². The van der Waals surface area contributed by atoms with Gasteiger partial charge in [0.15, 0.2) is 0 Å². The predicted molar refractivity (Wildman–Crippen MR) is 147 cm³/mol. The molecule has 1 atom stereocenters. The number of hydrogen-bond donors (Lipinski definition) is 3. The highest BCUT2D eigenvalue weighted by atomic mass is 32.1. The van der Waals surface area contributed by atoms with Crippen LogP contribution in [0, 0.1) is 0 Å². The van der Waals surface area contributed by atoms with E-state index in [1.165, 1.54) is 19.2 Å². The van der Waals surface area contributed by atoms with Crippen LogP contribution in [0.3, 0.4) is 0 Å². The maximum Gasteiger partial charge on any atom is 0.341 e. The summed E-state index contributed by atoms with van der Waals surface area (Å²) < 4.78 is 10.2. The first kappa shape index (κ1) is 25.9. The molecule has 1 unspecified atom stereocenters. The molecule has 3 heterocycles. The maximum absolute atomic E-state index is 11.6. The van der Waals surface area contributed by atoms with Crippen LogP contribution in [0.4, 0.5) is 5.82 Å². The quantitative estimate of drug-likeness (QED) is 0.275. The number of rotatable bonds is 9. The Kier molecular flexibility index (Phi) is 8.02. The molecule has 0 amide bonds. The minimum atomic E-state index is -0.726. The van der Waals surface area contributed by atoms with E-state index in [1.54, 1.807) is 23.7 Å². The molecule has 1 saturated heterocycles. The monoisotopic (exact) mass is 534 g/mol. The van der Waals surface area contributed by atoms with Gasteiger partial charge in [-0.05, 0) is 30.5 Å². The van der Waals surface area contributed by atoms with Crippen molar-refractivity contribution in [3.05, 3.63) is 65.8 Å². The topological polar surface area (TPSA) is 117 Å². The minimum absolute atomic E-state index is 0.0577. The number of methoxy groups -OCH3 is 1. The number of hydrogen-bond acceptors (Lipinski definition) is 10. The third-order valence-electron chi connectivity index (χ3n) is 6.69. The number of carbonyl (C=O) groups excluding carboxylic acids is 1. The van der Waals surface area contributed by atoms with Gasteiger partial charge in [-0.2, -0.15) is 0 Å². The first-order chi connectivity index (χ1) is 18.5. The summed E-state index contributed by atoms with van der Waals surface area (Å²) in [7, 11) is 1.25. The Hall–Kier alpha value is -3.73. The number of phenolic OH excluding ortho intramolecular Hbond substituents is 1. The molecule has 1 fully saturated rings. The van der Waals surface area contributed by atoms with Gasteiger partial charge in [-0.1, -0.05) is 30.3 Å². The van der Waals surface area contributed by atoms with Gasteiger partial charge in [-0.3, -0.25) is 0 Å². The van der Waals surface area contributed by atoms with E-state index >= 15 is 0 Å². The van der Waals surface area contributed by atoms with Crippen LogP contribution < -0.4 is 15.0 Å².